The number of benzene rings is 1. The lowest BCUT2D eigenvalue weighted by Gasteiger charge is -2.09. The van der Waals surface area contributed by atoms with E-state index in [-0.39, 0.29) is 0 Å². The van der Waals surface area contributed by atoms with E-state index in [9.17, 15) is 0 Å². The number of rotatable bonds is 2. The molecule has 0 saturated carbocycles. The zero-order valence-corrected chi connectivity index (χ0v) is 11.5. The molecule has 1 aromatic carbocycles. The van der Waals surface area contributed by atoms with Crippen LogP contribution >= 0.6 is 23.2 Å². The van der Waals surface area contributed by atoms with Gasteiger partial charge in [0.05, 0.1) is 32.3 Å². The minimum absolute atomic E-state index is 0.547. The molecule has 0 aliphatic rings. The summed E-state index contributed by atoms with van der Waals surface area (Å²) < 4.78 is 2.12. The summed E-state index contributed by atoms with van der Waals surface area (Å²) >= 11 is 12.1. The number of hydrogen-bond acceptors (Lipinski definition) is 1. The fraction of sp³-hybridized carbons (Fsp3) is 0.214. The molecule has 0 aliphatic heterocycles. The predicted octanol–water partition coefficient (Wildman–Crippen LogP) is 4.75. The Bertz CT molecular complexity index is 731. The van der Waals surface area contributed by atoms with E-state index in [4.69, 9.17) is 28.2 Å². The van der Waals surface area contributed by atoms with Crippen LogP contribution in [0.15, 0.2) is 30.5 Å². The van der Waals surface area contributed by atoms with Crippen LogP contribution in [0.25, 0.3) is 16.6 Å². The molecule has 0 atom stereocenters. The number of halogens is 2. The number of hydrogen-bond donors (Lipinski definition) is 0. The van der Waals surface area contributed by atoms with E-state index in [1.807, 2.05) is 24.4 Å². The summed E-state index contributed by atoms with van der Waals surface area (Å²) in [6.07, 6.45) is 4.06. The molecule has 0 fully saturated rings. The molecular weight excluding hydrogens is 267 g/mol. The van der Waals surface area contributed by atoms with Crippen molar-refractivity contribution in [3.8, 4) is 0 Å². The van der Waals surface area contributed by atoms with Gasteiger partial charge in [0.15, 0.2) is 0 Å². The lowest BCUT2D eigenvalue weighted by Crippen LogP contribution is -1.97. The van der Waals surface area contributed by atoms with Gasteiger partial charge in [-0.25, -0.2) is 4.98 Å². The molecule has 0 spiro atoms. The molecule has 0 unspecified atom stereocenters. The molecule has 2 aromatic heterocycles. The molecule has 3 aromatic rings. The Morgan fingerprint density at radius 3 is 2.72 bits per heavy atom. The van der Waals surface area contributed by atoms with Gasteiger partial charge in [0.2, 0.25) is 0 Å². The predicted molar refractivity (Wildman–Crippen MR) is 76.7 cm³/mol. The Kier molecular flexibility index (Phi) is 2.92. The highest BCUT2D eigenvalue weighted by Crippen LogP contribution is 2.28. The first-order valence-corrected chi connectivity index (χ1v) is 6.71. The number of aryl methyl sites for hydroxylation is 1. The Balaban J connectivity index is 2.43. The maximum atomic E-state index is 6.08. The van der Waals surface area contributed by atoms with E-state index in [2.05, 4.69) is 17.4 Å². The maximum Gasteiger partial charge on any atom is 0.0890 e. The van der Waals surface area contributed by atoms with E-state index in [1.165, 1.54) is 0 Å². The molecule has 2 heterocycles. The zero-order valence-electron chi connectivity index (χ0n) is 9.95. The topological polar surface area (TPSA) is 17.3 Å². The molecule has 4 heteroatoms. The van der Waals surface area contributed by atoms with Crippen molar-refractivity contribution in [2.45, 2.75) is 19.8 Å². The average Bonchev–Trinajstić information content (AvgIpc) is 2.82. The number of fused-ring (bicyclic) bond motifs is 3. The Morgan fingerprint density at radius 1 is 1.17 bits per heavy atom. The fourth-order valence-electron chi connectivity index (χ4n) is 2.26. The fourth-order valence-corrected chi connectivity index (χ4v) is 2.57. The molecule has 2 nitrogen and oxygen atoms in total. The Morgan fingerprint density at radius 2 is 1.94 bits per heavy atom. The van der Waals surface area contributed by atoms with Crippen LogP contribution in [-0.4, -0.2) is 9.38 Å². The van der Waals surface area contributed by atoms with Gasteiger partial charge in [-0.05, 0) is 30.7 Å². The quantitative estimate of drug-likeness (QED) is 0.661. The van der Waals surface area contributed by atoms with Crippen LogP contribution < -0.4 is 0 Å². The SMILES string of the molecule is CCCc1nc2cc(Cl)c(Cl)cc2n2cccc12. The van der Waals surface area contributed by atoms with Crippen molar-refractivity contribution >= 4 is 39.8 Å². The molecule has 3 rings (SSSR count). The van der Waals surface area contributed by atoms with Crippen LogP contribution in [0, 0.1) is 0 Å². The summed E-state index contributed by atoms with van der Waals surface area (Å²) in [5.41, 5.74) is 4.12. The summed E-state index contributed by atoms with van der Waals surface area (Å²) in [5, 5.41) is 1.11. The highest BCUT2D eigenvalue weighted by molar-refractivity contribution is 6.42. The summed E-state index contributed by atoms with van der Waals surface area (Å²) in [7, 11) is 0. The third kappa shape index (κ3) is 1.76. The van der Waals surface area contributed by atoms with Gasteiger partial charge in [-0.1, -0.05) is 36.5 Å². The maximum absolute atomic E-state index is 6.08. The highest BCUT2D eigenvalue weighted by Gasteiger charge is 2.09. The van der Waals surface area contributed by atoms with Gasteiger partial charge in [0, 0.05) is 6.20 Å². The van der Waals surface area contributed by atoms with Crippen LogP contribution in [0.3, 0.4) is 0 Å². The van der Waals surface area contributed by atoms with Crippen LogP contribution in [0.1, 0.15) is 19.0 Å². The highest BCUT2D eigenvalue weighted by atomic mass is 35.5. The summed E-state index contributed by atoms with van der Waals surface area (Å²) in [6.45, 7) is 2.15. The molecule has 18 heavy (non-hydrogen) atoms. The van der Waals surface area contributed by atoms with Gasteiger partial charge in [0.1, 0.15) is 0 Å². The van der Waals surface area contributed by atoms with Crippen molar-refractivity contribution in [3.05, 3.63) is 46.2 Å². The lowest BCUT2D eigenvalue weighted by atomic mass is 10.2. The second kappa shape index (κ2) is 4.45. The second-order valence-corrected chi connectivity index (χ2v) is 5.14. The van der Waals surface area contributed by atoms with Crippen molar-refractivity contribution in [1.29, 1.82) is 0 Å². The third-order valence-corrected chi connectivity index (χ3v) is 3.79. The molecule has 0 N–H and O–H groups in total. The Labute approximate surface area is 115 Å². The molecule has 0 aliphatic carbocycles. The van der Waals surface area contributed by atoms with E-state index < -0.39 is 0 Å². The van der Waals surface area contributed by atoms with Crippen LogP contribution in [0.5, 0.6) is 0 Å². The Hall–Kier alpha value is -1.25. The molecule has 0 radical (unpaired) electrons. The number of aromatic nitrogens is 2. The summed E-state index contributed by atoms with van der Waals surface area (Å²) in [4.78, 5) is 4.70. The van der Waals surface area contributed by atoms with Gasteiger partial charge in [-0.3, -0.25) is 0 Å². The van der Waals surface area contributed by atoms with Crippen molar-refractivity contribution in [2.24, 2.45) is 0 Å². The van der Waals surface area contributed by atoms with Crippen molar-refractivity contribution in [3.63, 3.8) is 0 Å². The smallest absolute Gasteiger partial charge is 0.0890 e. The van der Waals surface area contributed by atoms with Gasteiger partial charge in [-0.2, -0.15) is 0 Å². The minimum atomic E-state index is 0.547. The van der Waals surface area contributed by atoms with Crippen LogP contribution in [0.4, 0.5) is 0 Å². The summed E-state index contributed by atoms with van der Waals surface area (Å²) in [5.74, 6) is 0. The second-order valence-electron chi connectivity index (χ2n) is 4.33. The van der Waals surface area contributed by atoms with E-state index in [0.29, 0.717) is 10.0 Å². The molecule has 0 bridgehead atoms. The van der Waals surface area contributed by atoms with E-state index in [0.717, 1.165) is 35.1 Å². The first-order chi connectivity index (χ1) is 8.70. The van der Waals surface area contributed by atoms with Crippen molar-refractivity contribution < 1.29 is 0 Å². The van der Waals surface area contributed by atoms with Gasteiger partial charge in [-0.15, -0.1) is 0 Å². The molecular formula is C14H12Cl2N2. The van der Waals surface area contributed by atoms with Crippen molar-refractivity contribution in [1.82, 2.24) is 9.38 Å². The van der Waals surface area contributed by atoms with Crippen LogP contribution in [0.2, 0.25) is 10.0 Å². The normalized spacial score (nSPS) is 11.5. The lowest BCUT2D eigenvalue weighted by molar-refractivity contribution is 0.890. The third-order valence-electron chi connectivity index (χ3n) is 3.06. The standard InChI is InChI=1S/C14H12Cl2N2/c1-2-4-11-13-5-3-6-18(13)14-8-10(16)9(15)7-12(14)17-11/h3,5-8H,2,4H2,1H3. The summed E-state index contributed by atoms with van der Waals surface area (Å²) in [6, 6.07) is 7.81. The van der Waals surface area contributed by atoms with Gasteiger partial charge < -0.3 is 4.40 Å². The van der Waals surface area contributed by atoms with Crippen LogP contribution in [-0.2, 0) is 6.42 Å². The molecule has 0 amide bonds. The number of nitrogens with zero attached hydrogens (tertiary/aromatic N) is 2. The molecule has 0 saturated heterocycles. The first-order valence-electron chi connectivity index (χ1n) is 5.95. The van der Waals surface area contributed by atoms with Crippen molar-refractivity contribution in [2.75, 3.05) is 0 Å². The largest absolute Gasteiger partial charge is 0.313 e. The first kappa shape index (κ1) is 11.8. The average molecular weight is 279 g/mol. The van der Waals surface area contributed by atoms with E-state index >= 15 is 0 Å². The van der Waals surface area contributed by atoms with Gasteiger partial charge in [0.25, 0.3) is 0 Å². The zero-order chi connectivity index (χ0) is 12.7. The monoisotopic (exact) mass is 278 g/mol. The van der Waals surface area contributed by atoms with E-state index in [1.54, 1.807) is 0 Å². The van der Waals surface area contributed by atoms with Gasteiger partial charge >= 0.3 is 0 Å². The molecule has 92 valence electrons. The minimum Gasteiger partial charge on any atom is -0.313 e.